The zero-order valence-electron chi connectivity index (χ0n) is 10.8. The molecule has 5 heteroatoms. The van der Waals surface area contributed by atoms with Crippen LogP contribution in [0, 0.1) is 5.92 Å². The smallest absolute Gasteiger partial charge is 0.109 e. The van der Waals surface area contributed by atoms with Crippen molar-refractivity contribution in [3.05, 3.63) is 0 Å². The molecular weight excluding hydrogens is 234 g/mol. The molecule has 5 nitrogen and oxygen atoms in total. The van der Waals surface area contributed by atoms with Crippen LogP contribution in [0.2, 0.25) is 0 Å². The van der Waals surface area contributed by atoms with Crippen molar-refractivity contribution in [2.24, 2.45) is 5.92 Å². The van der Waals surface area contributed by atoms with E-state index in [0.717, 1.165) is 6.54 Å². The van der Waals surface area contributed by atoms with E-state index in [1.807, 2.05) is 4.90 Å². The Kier molecular flexibility index (Phi) is 4.98. The van der Waals surface area contributed by atoms with Gasteiger partial charge in [0.05, 0.1) is 18.8 Å². The first kappa shape index (κ1) is 14.2. The topological polar surface area (TPSA) is 84.2 Å². The second-order valence-corrected chi connectivity index (χ2v) is 5.76. The Morgan fingerprint density at radius 1 is 0.944 bits per heavy atom. The number of β-amino-alcohol motifs (C(OH)–C–C–N with tert-alkyl or cyclic N) is 1. The van der Waals surface area contributed by atoms with Gasteiger partial charge < -0.3 is 20.4 Å². The molecule has 2 aliphatic rings. The highest BCUT2D eigenvalue weighted by Gasteiger charge is 2.41. The van der Waals surface area contributed by atoms with E-state index < -0.39 is 24.4 Å². The predicted molar refractivity (Wildman–Crippen MR) is 67.0 cm³/mol. The standard InChI is InChI=1S/C13H25NO4/c15-8-10-12(17)13(18)11(16)7-14(10)6-9-4-2-1-3-5-9/h9-13,15-18H,1-8H2/t10-,11+,12+,13-/m1/s1. The molecule has 1 heterocycles. The van der Waals surface area contributed by atoms with Gasteiger partial charge in [0.25, 0.3) is 0 Å². The number of aliphatic hydroxyl groups excluding tert-OH is 4. The molecule has 2 fully saturated rings. The van der Waals surface area contributed by atoms with E-state index in [-0.39, 0.29) is 6.61 Å². The lowest BCUT2D eigenvalue weighted by Crippen LogP contribution is -2.63. The molecule has 0 amide bonds. The van der Waals surface area contributed by atoms with Crippen LogP contribution in [0.5, 0.6) is 0 Å². The van der Waals surface area contributed by atoms with Crippen molar-refractivity contribution in [2.45, 2.75) is 56.5 Å². The highest BCUT2D eigenvalue weighted by atomic mass is 16.4. The van der Waals surface area contributed by atoms with Crippen molar-refractivity contribution in [1.29, 1.82) is 0 Å². The van der Waals surface area contributed by atoms with Gasteiger partial charge in [-0.25, -0.2) is 0 Å². The lowest BCUT2D eigenvalue weighted by atomic mass is 9.86. The van der Waals surface area contributed by atoms with Gasteiger partial charge in [0, 0.05) is 13.1 Å². The zero-order chi connectivity index (χ0) is 13.1. The molecule has 0 aromatic heterocycles. The highest BCUT2D eigenvalue weighted by molar-refractivity contribution is 4.94. The van der Waals surface area contributed by atoms with Gasteiger partial charge in [0.2, 0.25) is 0 Å². The Morgan fingerprint density at radius 2 is 1.61 bits per heavy atom. The molecule has 106 valence electrons. The second-order valence-electron chi connectivity index (χ2n) is 5.76. The van der Waals surface area contributed by atoms with E-state index in [1.54, 1.807) is 0 Å². The molecule has 2 rings (SSSR count). The lowest BCUT2D eigenvalue weighted by molar-refractivity contribution is -0.147. The summed E-state index contributed by atoms with van der Waals surface area (Å²) in [4.78, 5) is 1.94. The molecule has 0 aromatic carbocycles. The third kappa shape index (κ3) is 3.03. The van der Waals surface area contributed by atoms with E-state index in [1.165, 1.54) is 32.1 Å². The van der Waals surface area contributed by atoms with Gasteiger partial charge in [0.15, 0.2) is 0 Å². The third-order valence-electron chi connectivity index (χ3n) is 4.43. The zero-order valence-corrected chi connectivity index (χ0v) is 10.8. The summed E-state index contributed by atoms with van der Waals surface area (Å²) in [7, 11) is 0. The van der Waals surface area contributed by atoms with Crippen LogP contribution in [0.3, 0.4) is 0 Å². The molecule has 0 radical (unpaired) electrons. The van der Waals surface area contributed by atoms with Crippen LogP contribution in [0.4, 0.5) is 0 Å². The van der Waals surface area contributed by atoms with Gasteiger partial charge in [-0.2, -0.15) is 0 Å². The average Bonchev–Trinajstić information content (AvgIpc) is 2.38. The summed E-state index contributed by atoms with van der Waals surface area (Å²) in [5.74, 6) is 0.586. The van der Waals surface area contributed by atoms with Crippen molar-refractivity contribution in [2.75, 3.05) is 19.7 Å². The molecular formula is C13H25NO4. The lowest BCUT2D eigenvalue weighted by Gasteiger charge is -2.44. The summed E-state index contributed by atoms with van der Waals surface area (Å²) in [5, 5.41) is 38.6. The maximum absolute atomic E-state index is 9.90. The van der Waals surface area contributed by atoms with Crippen LogP contribution in [-0.2, 0) is 0 Å². The van der Waals surface area contributed by atoms with Gasteiger partial charge in [-0.1, -0.05) is 19.3 Å². The summed E-state index contributed by atoms with van der Waals surface area (Å²) in [6, 6.07) is -0.453. The van der Waals surface area contributed by atoms with Crippen molar-refractivity contribution in [3.63, 3.8) is 0 Å². The van der Waals surface area contributed by atoms with E-state index in [9.17, 15) is 20.4 Å². The quantitative estimate of drug-likeness (QED) is 0.540. The number of rotatable bonds is 3. The summed E-state index contributed by atoms with van der Waals surface area (Å²) >= 11 is 0. The molecule has 0 unspecified atom stereocenters. The van der Waals surface area contributed by atoms with E-state index >= 15 is 0 Å². The first-order valence-corrected chi connectivity index (χ1v) is 7.02. The first-order valence-electron chi connectivity index (χ1n) is 7.02. The van der Waals surface area contributed by atoms with Crippen LogP contribution in [0.25, 0.3) is 0 Å². The molecule has 4 N–H and O–H groups in total. The fourth-order valence-electron chi connectivity index (χ4n) is 3.29. The van der Waals surface area contributed by atoms with Crippen molar-refractivity contribution >= 4 is 0 Å². The molecule has 1 aliphatic heterocycles. The normalized spacial score (nSPS) is 40.0. The fourth-order valence-corrected chi connectivity index (χ4v) is 3.29. The fraction of sp³-hybridized carbons (Fsp3) is 1.00. The van der Waals surface area contributed by atoms with Gasteiger partial charge in [0.1, 0.15) is 12.2 Å². The Bertz CT molecular complexity index is 257. The van der Waals surface area contributed by atoms with Crippen LogP contribution in [-0.4, -0.2) is 69.4 Å². The number of nitrogens with zero attached hydrogens (tertiary/aromatic N) is 1. The Hall–Kier alpha value is -0.200. The summed E-state index contributed by atoms with van der Waals surface area (Å²) in [6.07, 6.45) is 3.02. The molecule has 1 saturated heterocycles. The number of piperidine rings is 1. The van der Waals surface area contributed by atoms with Crippen molar-refractivity contribution in [1.82, 2.24) is 4.90 Å². The van der Waals surface area contributed by atoms with Gasteiger partial charge in [-0.05, 0) is 18.8 Å². The SMILES string of the molecule is OC[C@@H]1[C@H](O)[C@H](O)[C@@H](O)CN1CC1CCCCC1. The summed E-state index contributed by atoms with van der Waals surface area (Å²) in [5.41, 5.74) is 0. The maximum Gasteiger partial charge on any atom is 0.109 e. The summed E-state index contributed by atoms with van der Waals surface area (Å²) < 4.78 is 0. The maximum atomic E-state index is 9.90. The number of likely N-dealkylation sites (tertiary alicyclic amines) is 1. The summed E-state index contributed by atoms with van der Waals surface area (Å²) in [6.45, 7) is 0.948. The minimum atomic E-state index is -1.15. The third-order valence-corrected chi connectivity index (χ3v) is 4.43. The van der Waals surface area contributed by atoms with E-state index in [4.69, 9.17) is 0 Å². The minimum Gasteiger partial charge on any atom is -0.395 e. The molecule has 1 saturated carbocycles. The molecule has 0 aromatic rings. The monoisotopic (exact) mass is 259 g/mol. The number of hydrogen-bond acceptors (Lipinski definition) is 5. The van der Waals surface area contributed by atoms with Crippen LogP contribution in [0.1, 0.15) is 32.1 Å². The Morgan fingerprint density at radius 3 is 2.22 bits per heavy atom. The molecule has 0 bridgehead atoms. The van der Waals surface area contributed by atoms with Crippen LogP contribution < -0.4 is 0 Å². The first-order chi connectivity index (χ1) is 8.63. The Labute approximate surface area is 108 Å². The van der Waals surface area contributed by atoms with Crippen molar-refractivity contribution in [3.8, 4) is 0 Å². The molecule has 18 heavy (non-hydrogen) atoms. The van der Waals surface area contributed by atoms with Crippen LogP contribution in [0.15, 0.2) is 0 Å². The highest BCUT2D eigenvalue weighted by Crippen LogP contribution is 2.27. The van der Waals surface area contributed by atoms with Gasteiger partial charge >= 0.3 is 0 Å². The van der Waals surface area contributed by atoms with Crippen molar-refractivity contribution < 1.29 is 20.4 Å². The van der Waals surface area contributed by atoms with E-state index in [0.29, 0.717) is 12.5 Å². The largest absolute Gasteiger partial charge is 0.395 e. The second kappa shape index (κ2) is 6.30. The van der Waals surface area contributed by atoms with Gasteiger partial charge in [-0.3, -0.25) is 4.90 Å². The van der Waals surface area contributed by atoms with E-state index in [2.05, 4.69) is 0 Å². The average molecular weight is 259 g/mol. The number of hydrogen-bond donors (Lipinski definition) is 4. The molecule has 0 spiro atoms. The molecule has 4 atom stereocenters. The van der Waals surface area contributed by atoms with Crippen LogP contribution >= 0.6 is 0 Å². The molecule has 1 aliphatic carbocycles. The Balaban J connectivity index is 1.96. The van der Waals surface area contributed by atoms with Gasteiger partial charge in [-0.15, -0.1) is 0 Å². The minimum absolute atomic E-state index is 0.183. The number of aliphatic hydroxyl groups is 4. The predicted octanol–water partition coefficient (Wildman–Crippen LogP) is -0.674.